The number of nitrogens with one attached hydrogen (secondary N) is 2. The van der Waals surface area contributed by atoms with E-state index in [1.165, 1.54) is 12.3 Å². The first-order chi connectivity index (χ1) is 18.7. The van der Waals surface area contributed by atoms with Crippen molar-refractivity contribution in [3.8, 4) is 17.3 Å². The Bertz CT molecular complexity index is 1580. The van der Waals surface area contributed by atoms with Gasteiger partial charge in [-0.1, -0.05) is 26.3 Å². The summed E-state index contributed by atoms with van der Waals surface area (Å²) in [5.74, 6) is 0.343. The van der Waals surface area contributed by atoms with Gasteiger partial charge >= 0.3 is 0 Å². The van der Waals surface area contributed by atoms with Crippen LogP contribution in [-0.4, -0.2) is 76.8 Å². The number of aromatic nitrogens is 6. The van der Waals surface area contributed by atoms with Gasteiger partial charge in [-0.2, -0.15) is 5.10 Å². The van der Waals surface area contributed by atoms with Crippen LogP contribution in [0, 0.1) is 0 Å². The lowest BCUT2D eigenvalue weighted by atomic mass is 10.2. The van der Waals surface area contributed by atoms with Crippen LogP contribution in [-0.2, 0) is 23.0 Å². The molecule has 4 heterocycles. The van der Waals surface area contributed by atoms with Crippen molar-refractivity contribution >= 4 is 21.1 Å². The molecule has 0 aliphatic carbocycles. The second-order valence-corrected chi connectivity index (χ2v) is 11.1. The smallest absolute Gasteiger partial charge is 0.279 e. The Morgan fingerprint density at radius 3 is 2.64 bits per heavy atom. The Morgan fingerprint density at radius 1 is 1.13 bits per heavy atom. The minimum Gasteiger partial charge on any atom is -0.477 e. The lowest BCUT2D eigenvalue weighted by molar-refractivity contribution is 0.306. The van der Waals surface area contributed by atoms with Crippen LogP contribution in [0.4, 0.5) is 0 Å². The summed E-state index contributed by atoms with van der Waals surface area (Å²) in [6.07, 6.45) is 5.13. The van der Waals surface area contributed by atoms with Gasteiger partial charge in [-0.3, -0.25) is 14.5 Å². The van der Waals surface area contributed by atoms with E-state index in [0.717, 1.165) is 24.2 Å². The van der Waals surface area contributed by atoms with E-state index in [1.54, 1.807) is 10.9 Å². The van der Waals surface area contributed by atoms with Gasteiger partial charge in [-0.05, 0) is 45.1 Å². The van der Waals surface area contributed by atoms with Crippen molar-refractivity contribution < 1.29 is 13.2 Å². The number of likely N-dealkylation sites (N-methyl/N-ethyl adjacent to an activating group) is 1. The molecule has 0 fully saturated rings. The van der Waals surface area contributed by atoms with Crippen LogP contribution >= 0.6 is 0 Å². The van der Waals surface area contributed by atoms with Gasteiger partial charge in [0.2, 0.25) is 15.9 Å². The fraction of sp³-hybridized carbons (Fsp3) is 0.423. The van der Waals surface area contributed by atoms with Gasteiger partial charge in [0.05, 0.1) is 36.3 Å². The van der Waals surface area contributed by atoms with Crippen molar-refractivity contribution in [2.45, 2.75) is 44.6 Å². The topological polar surface area (TPSA) is 148 Å². The number of H-pyrrole nitrogens is 1. The molecule has 4 aromatic rings. The molecule has 13 heteroatoms. The van der Waals surface area contributed by atoms with E-state index in [9.17, 15) is 13.2 Å². The summed E-state index contributed by atoms with van der Waals surface area (Å²) in [7, 11) is -0.145. The van der Waals surface area contributed by atoms with E-state index in [-0.39, 0.29) is 34.2 Å². The molecule has 208 valence electrons. The number of aryl methyl sites for hydroxylation is 1. The lowest BCUT2D eigenvalue weighted by Crippen LogP contribution is -2.31. The fourth-order valence-electron chi connectivity index (χ4n) is 4.00. The monoisotopic (exact) mass is 554 g/mol. The number of rotatable bonds is 13. The molecule has 0 aromatic carbocycles. The van der Waals surface area contributed by atoms with Gasteiger partial charge in [0.25, 0.3) is 5.56 Å². The zero-order valence-electron chi connectivity index (χ0n) is 22.6. The second kappa shape index (κ2) is 12.5. The summed E-state index contributed by atoms with van der Waals surface area (Å²) in [5.41, 5.74) is 2.09. The van der Waals surface area contributed by atoms with E-state index in [2.05, 4.69) is 24.8 Å². The normalized spacial score (nSPS) is 11.9. The highest BCUT2D eigenvalue weighted by Gasteiger charge is 2.22. The maximum atomic E-state index is 13.2. The fourth-order valence-corrected chi connectivity index (χ4v) is 4.99. The van der Waals surface area contributed by atoms with Crippen LogP contribution in [0.5, 0.6) is 5.88 Å². The Kier molecular flexibility index (Phi) is 9.04. The Balaban J connectivity index is 1.82. The molecular weight excluding hydrogens is 520 g/mol. The van der Waals surface area contributed by atoms with Crippen LogP contribution in [0.1, 0.15) is 38.1 Å². The van der Waals surface area contributed by atoms with E-state index < -0.39 is 15.6 Å². The third-order valence-electron chi connectivity index (χ3n) is 5.91. The highest BCUT2D eigenvalue weighted by atomic mass is 32.2. The van der Waals surface area contributed by atoms with Crippen LogP contribution in [0.2, 0.25) is 0 Å². The molecular formula is C26H34N8O4S. The maximum absolute atomic E-state index is 13.2. The number of ether oxygens (including phenoxy) is 1. The van der Waals surface area contributed by atoms with Gasteiger partial charge in [-0.25, -0.2) is 23.1 Å². The van der Waals surface area contributed by atoms with Gasteiger partial charge in [-0.15, -0.1) is 0 Å². The third kappa shape index (κ3) is 6.67. The molecule has 0 atom stereocenters. The Hall–Kier alpha value is -3.68. The second-order valence-electron chi connectivity index (χ2n) is 9.36. The molecule has 4 rings (SSSR count). The largest absolute Gasteiger partial charge is 0.477 e. The van der Waals surface area contributed by atoms with E-state index in [1.807, 2.05) is 51.0 Å². The SMILES string of the molecule is CCCOc1ncc(S(=O)(=O)NCCN(C)C)cc1-c1nc2c(CCC)n(Cc3ccccn3)nc2c(=O)[nH]1. The van der Waals surface area contributed by atoms with Crippen molar-refractivity contribution in [1.82, 2.24) is 39.3 Å². The Labute approximate surface area is 227 Å². The highest BCUT2D eigenvalue weighted by Crippen LogP contribution is 2.29. The molecule has 0 bridgehead atoms. The van der Waals surface area contributed by atoms with Crippen LogP contribution < -0.4 is 15.0 Å². The zero-order valence-corrected chi connectivity index (χ0v) is 23.5. The standard InChI is InChI=1S/C26H34N8O4S/c1-5-9-21-22-23(32-34(21)17-18-10-7-8-11-27-18)25(35)31-24(30-22)20-15-19(16-28-26(20)38-14-6-2)39(36,37)29-12-13-33(3)4/h7-8,10-11,15-16,29H,5-6,9,12-14,17H2,1-4H3,(H,30,31,35). The summed E-state index contributed by atoms with van der Waals surface area (Å²) in [6, 6.07) is 7.06. The summed E-state index contributed by atoms with van der Waals surface area (Å²) < 4.78 is 36.1. The number of sulfonamides is 1. The molecule has 4 aromatic heterocycles. The summed E-state index contributed by atoms with van der Waals surface area (Å²) in [5, 5.41) is 4.55. The number of fused-ring (bicyclic) bond motifs is 1. The molecule has 0 amide bonds. The number of aromatic amines is 1. The molecule has 0 saturated carbocycles. The number of nitrogens with zero attached hydrogens (tertiary/aromatic N) is 6. The molecule has 0 spiro atoms. The first-order valence-corrected chi connectivity index (χ1v) is 14.4. The molecule has 0 radical (unpaired) electrons. The van der Waals surface area contributed by atoms with Crippen molar-refractivity contribution in [2.24, 2.45) is 0 Å². The predicted octanol–water partition coefficient (Wildman–Crippen LogP) is 2.21. The molecule has 0 unspecified atom stereocenters. The molecule has 0 aliphatic heterocycles. The van der Waals surface area contributed by atoms with Crippen LogP contribution in [0.25, 0.3) is 22.4 Å². The van der Waals surface area contributed by atoms with Crippen molar-refractivity contribution in [3.63, 3.8) is 0 Å². The maximum Gasteiger partial charge on any atom is 0.279 e. The number of hydrogen-bond donors (Lipinski definition) is 2. The predicted molar refractivity (Wildman–Crippen MR) is 148 cm³/mol. The third-order valence-corrected chi connectivity index (χ3v) is 7.34. The van der Waals surface area contributed by atoms with E-state index in [0.29, 0.717) is 31.6 Å². The molecule has 0 saturated heterocycles. The van der Waals surface area contributed by atoms with Gasteiger partial charge < -0.3 is 14.6 Å². The Morgan fingerprint density at radius 2 is 1.95 bits per heavy atom. The lowest BCUT2D eigenvalue weighted by Gasteiger charge is -2.13. The molecule has 12 nitrogen and oxygen atoms in total. The van der Waals surface area contributed by atoms with Crippen LogP contribution in [0.15, 0.2) is 46.3 Å². The average Bonchev–Trinajstić information content (AvgIpc) is 3.25. The highest BCUT2D eigenvalue weighted by molar-refractivity contribution is 7.89. The van der Waals surface area contributed by atoms with Crippen LogP contribution in [0.3, 0.4) is 0 Å². The van der Waals surface area contributed by atoms with Gasteiger partial charge in [0.1, 0.15) is 16.2 Å². The van der Waals surface area contributed by atoms with E-state index in [4.69, 9.17) is 9.72 Å². The summed E-state index contributed by atoms with van der Waals surface area (Å²) in [4.78, 5) is 31.2. The first-order valence-electron chi connectivity index (χ1n) is 12.9. The summed E-state index contributed by atoms with van der Waals surface area (Å²) >= 11 is 0. The first kappa shape index (κ1) is 28.3. The number of pyridine rings is 2. The number of hydrogen-bond acceptors (Lipinski definition) is 9. The van der Waals surface area contributed by atoms with Crippen molar-refractivity contribution in [3.05, 3.63) is 58.4 Å². The molecule has 0 aliphatic rings. The van der Waals surface area contributed by atoms with Gasteiger partial charge in [0.15, 0.2) is 5.52 Å². The minimum absolute atomic E-state index is 0.0533. The molecule has 39 heavy (non-hydrogen) atoms. The van der Waals surface area contributed by atoms with Crippen molar-refractivity contribution in [2.75, 3.05) is 33.8 Å². The average molecular weight is 555 g/mol. The zero-order chi connectivity index (χ0) is 28.0. The van der Waals surface area contributed by atoms with Crippen molar-refractivity contribution in [1.29, 1.82) is 0 Å². The molecule has 2 N–H and O–H groups in total. The summed E-state index contributed by atoms with van der Waals surface area (Å²) in [6.45, 7) is 5.51. The quantitative estimate of drug-likeness (QED) is 0.254. The van der Waals surface area contributed by atoms with Gasteiger partial charge in [0, 0.05) is 19.3 Å². The minimum atomic E-state index is -3.86. The van der Waals surface area contributed by atoms with E-state index >= 15 is 0 Å².